The van der Waals surface area contributed by atoms with Gasteiger partial charge in [0.2, 0.25) is 10.8 Å². The molecular weight excluding hydrogens is 691 g/mol. The molecule has 0 saturated carbocycles. The lowest BCUT2D eigenvalue weighted by molar-refractivity contribution is -0.521. The number of benzene rings is 2. The van der Waals surface area contributed by atoms with Crippen molar-refractivity contribution in [2.75, 3.05) is 31.1 Å². The van der Waals surface area contributed by atoms with Gasteiger partial charge in [0.15, 0.2) is 0 Å². The predicted octanol–water partition coefficient (Wildman–Crippen LogP) is 12.7. The van der Waals surface area contributed by atoms with Gasteiger partial charge in [-0.25, -0.2) is 9.56 Å². The molecule has 1 aromatic heterocycles. The molecule has 0 amide bonds. The number of carbonyl (C=O) groups excluding carboxylic acids is 1. The number of ketones is 1. The molecule has 1 N–H and O–H groups in total. The molecule has 2 aliphatic rings. The van der Waals surface area contributed by atoms with Gasteiger partial charge in [0.25, 0.3) is 0 Å². The van der Waals surface area contributed by atoms with Gasteiger partial charge in [0, 0.05) is 30.0 Å². The Labute approximate surface area is 328 Å². The van der Waals surface area contributed by atoms with Crippen molar-refractivity contribution in [3.8, 4) is 0 Å². The second kappa shape index (κ2) is 20.9. The Hall–Kier alpha value is -3.42. The highest BCUT2D eigenvalue weighted by molar-refractivity contribution is 8.19. The van der Waals surface area contributed by atoms with E-state index in [4.69, 9.17) is 4.98 Å². The van der Waals surface area contributed by atoms with Crippen molar-refractivity contribution >= 4 is 55.6 Å². The third kappa shape index (κ3) is 10.0. The number of anilines is 1. The van der Waals surface area contributed by atoms with Crippen LogP contribution in [0.3, 0.4) is 0 Å². The van der Waals surface area contributed by atoms with Crippen LogP contribution in [-0.2, 0) is 4.79 Å². The first-order valence-electron chi connectivity index (χ1n) is 20.6. The first-order valence-corrected chi connectivity index (χ1v) is 22.2. The zero-order valence-electron chi connectivity index (χ0n) is 33.0. The van der Waals surface area contributed by atoms with Crippen molar-refractivity contribution in [3.05, 3.63) is 98.7 Å². The van der Waals surface area contributed by atoms with E-state index >= 15 is 0 Å². The number of hydrogen-bond donors (Lipinski definition) is 1. The summed E-state index contributed by atoms with van der Waals surface area (Å²) < 4.78 is 2.50. The molecule has 5 nitrogen and oxygen atoms in total. The van der Waals surface area contributed by atoms with Crippen molar-refractivity contribution in [2.45, 2.75) is 125 Å². The molecule has 0 bridgehead atoms. The number of nitrogens with zero attached hydrogens (tertiary/aromatic N) is 3. The summed E-state index contributed by atoms with van der Waals surface area (Å²) in [4.78, 5) is 22.5. The van der Waals surface area contributed by atoms with Crippen LogP contribution in [0.25, 0.3) is 16.7 Å². The number of unbranched alkanes of at least 4 members (excludes halogenated alkanes) is 11. The van der Waals surface area contributed by atoms with Crippen molar-refractivity contribution < 1.29 is 14.5 Å². The molecule has 284 valence electrons. The molecule has 0 saturated heterocycles. The molecule has 1 aliphatic carbocycles. The minimum Gasteiger partial charge on any atom is -0.506 e. The van der Waals surface area contributed by atoms with Gasteiger partial charge in [-0.3, -0.25) is 4.79 Å². The summed E-state index contributed by atoms with van der Waals surface area (Å²) in [6.07, 6.45) is 17.6. The van der Waals surface area contributed by atoms with Gasteiger partial charge in [-0.15, -0.1) is 0 Å². The number of aliphatic hydroxyl groups is 1. The van der Waals surface area contributed by atoms with E-state index in [0.29, 0.717) is 16.2 Å². The van der Waals surface area contributed by atoms with Crippen LogP contribution in [0.5, 0.6) is 0 Å². The van der Waals surface area contributed by atoms with Crippen LogP contribution in [0.2, 0.25) is 0 Å². The summed E-state index contributed by atoms with van der Waals surface area (Å²) in [6, 6.07) is 21.0. The Morgan fingerprint density at radius 1 is 0.660 bits per heavy atom. The van der Waals surface area contributed by atoms with Crippen LogP contribution in [0.15, 0.2) is 76.9 Å². The lowest BCUT2D eigenvalue weighted by Crippen LogP contribution is -2.25. The summed E-state index contributed by atoms with van der Waals surface area (Å²) in [5, 5.41) is 14.8. The van der Waals surface area contributed by atoms with E-state index in [1.54, 1.807) is 23.1 Å². The number of aromatic nitrogens is 1. The highest BCUT2D eigenvalue weighted by Gasteiger charge is 2.45. The first kappa shape index (κ1) is 40.8. The molecule has 0 unspecified atom stereocenters. The van der Waals surface area contributed by atoms with Crippen LogP contribution in [-0.4, -0.2) is 51.7 Å². The number of aliphatic hydroxyl groups excluding tert-OH is 1. The third-order valence-electron chi connectivity index (χ3n) is 10.5. The zero-order chi connectivity index (χ0) is 37.6. The Balaban J connectivity index is 1.51. The van der Waals surface area contributed by atoms with E-state index in [-0.39, 0.29) is 11.5 Å². The standard InChI is InChI=1S/C46H61N3O2S2/c1-6-10-13-14-15-16-17-18-19-26-33-48(9-4)46-38(36-29-24-21-25-30-36)37(35-27-22-20-23-28-35)43(52-46)39-41(50)40(42(39)51)44-47-34(5)45(53-44)49(31-11-7-2)32-12-8-3/h20-25,27-30H,6-19,26,31-33H2,1-5H3/p+1. The average molecular weight is 753 g/mol. The third-order valence-corrected chi connectivity index (χ3v) is 13.0. The number of thiazole rings is 1. The van der Waals surface area contributed by atoms with Gasteiger partial charge in [0.1, 0.15) is 34.4 Å². The number of allylic oxidation sites excluding steroid dienone is 3. The number of carbonyl (C=O) groups is 1. The van der Waals surface area contributed by atoms with Crippen molar-refractivity contribution in [1.82, 2.24) is 4.98 Å². The van der Waals surface area contributed by atoms with Crippen molar-refractivity contribution in [1.29, 1.82) is 0 Å². The number of Topliss-reactive ketones (excluding diaryl/α,β-unsaturated/α-hetero) is 1. The lowest BCUT2D eigenvalue weighted by atomic mass is 9.84. The Morgan fingerprint density at radius 2 is 1.19 bits per heavy atom. The predicted molar refractivity (Wildman–Crippen MR) is 230 cm³/mol. The summed E-state index contributed by atoms with van der Waals surface area (Å²) in [5.41, 5.74) is 6.05. The quantitative estimate of drug-likeness (QED) is 0.0629. The average Bonchev–Trinajstić information content (AvgIpc) is 3.74. The monoisotopic (exact) mass is 752 g/mol. The number of rotatable bonds is 22. The normalized spacial score (nSPS) is 16.9. The maximum Gasteiger partial charge on any atom is 0.248 e. The second-order valence-corrected chi connectivity index (χ2v) is 16.5. The number of hydrogen-bond acceptors (Lipinski definition) is 6. The Kier molecular flexibility index (Phi) is 16.1. The van der Waals surface area contributed by atoms with Gasteiger partial charge in [-0.1, -0.05) is 157 Å². The second-order valence-electron chi connectivity index (χ2n) is 14.5. The Bertz CT molecular complexity index is 1780. The molecule has 53 heavy (non-hydrogen) atoms. The summed E-state index contributed by atoms with van der Waals surface area (Å²) in [6.45, 7) is 14.8. The van der Waals surface area contributed by atoms with E-state index in [1.165, 1.54) is 62.8 Å². The zero-order valence-corrected chi connectivity index (χ0v) is 34.6. The molecule has 2 aromatic carbocycles. The molecule has 1 aliphatic heterocycles. The summed E-state index contributed by atoms with van der Waals surface area (Å²) in [7, 11) is 0. The number of thioether (sulfide) groups is 1. The molecular formula is C46H62N3O2S2+. The van der Waals surface area contributed by atoms with Crippen LogP contribution >= 0.6 is 23.1 Å². The van der Waals surface area contributed by atoms with Crippen LogP contribution in [0.4, 0.5) is 5.00 Å². The largest absolute Gasteiger partial charge is 0.506 e. The van der Waals surface area contributed by atoms with Crippen molar-refractivity contribution in [2.24, 2.45) is 0 Å². The van der Waals surface area contributed by atoms with Crippen molar-refractivity contribution in [3.63, 3.8) is 0 Å². The van der Waals surface area contributed by atoms with Gasteiger partial charge in [-0.2, -0.15) is 0 Å². The van der Waals surface area contributed by atoms with E-state index < -0.39 is 0 Å². The fourth-order valence-electron chi connectivity index (χ4n) is 7.38. The van der Waals surface area contributed by atoms with Gasteiger partial charge in [0.05, 0.1) is 16.8 Å². The smallest absolute Gasteiger partial charge is 0.248 e. The van der Waals surface area contributed by atoms with E-state index in [1.807, 2.05) is 13.0 Å². The molecule has 2 heterocycles. The molecule has 0 spiro atoms. The van der Waals surface area contributed by atoms with Crippen LogP contribution in [0, 0.1) is 6.92 Å². The SMILES string of the molecule is CCCCCCCCCCCC/[N+](CC)=C1/S/C(=C2\C(=O)C(c3nc(C)c(N(CCCC)CCCC)s3)=C2O)C(c2ccccc2)=C1c1ccccc1. The topological polar surface area (TPSA) is 56.4 Å². The fourth-order valence-corrected chi connectivity index (χ4v) is 10.0. The fraction of sp³-hybridized carbons (Fsp3) is 0.500. The minimum atomic E-state index is -0.112. The molecule has 0 fully saturated rings. The summed E-state index contributed by atoms with van der Waals surface area (Å²) in [5.74, 6) is -0.0369. The Morgan fingerprint density at radius 3 is 1.72 bits per heavy atom. The molecule has 0 atom stereocenters. The minimum absolute atomic E-state index is 0.0753. The first-order chi connectivity index (χ1) is 25.9. The van der Waals surface area contributed by atoms with E-state index in [2.05, 4.69) is 91.8 Å². The van der Waals surface area contributed by atoms with Gasteiger partial charge in [-0.05, 0) is 56.0 Å². The molecule has 0 radical (unpaired) electrons. The van der Waals surface area contributed by atoms with Gasteiger partial charge < -0.3 is 10.0 Å². The molecule has 5 rings (SSSR count). The molecule has 3 aromatic rings. The van der Waals surface area contributed by atoms with E-state index in [0.717, 1.165) is 96.2 Å². The highest BCUT2D eigenvalue weighted by atomic mass is 32.2. The molecule has 7 heteroatoms. The van der Waals surface area contributed by atoms with Gasteiger partial charge >= 0.3 is 0 Å². The van der Waals surface area contributed by atoms with Crippen LogP contribution in [0.1, 0.15) is 139 Å². The maximum absolute atomic E-state index is 14.3. The van der Waals surface area contributed by atoms with Crippen LogP contribution < -0.4 is 4.90 Å². The lowest BCUT2D eigenvalue weighted by Gasteiger charge is -2.24. The maximum atomic E-state index is 14.3. The number of aryl methyl sites for hydroxylation is 1. The van der Waals surface area contributed by atoms with E-state index in [9.17, 15) is 9.90 Å². The summed E-state index contributed by atoms with van der Waals surface area (Å²) >= 11 is 3.21. The highest BCUT2D eigenvalue weighted by Crippen LogP contribution is 2.54.